The molecular formula is C19H25BrN2O3. The molecule has 2 fully saturated rings. The van der Waals surface area contributed by atoms with Crippen molar-refractivity contribution in [3.63, 3.8) is 0 Å². The van der Waals surface area contributed by atoms with Crippen LogP contribution >= 0.6 is 15.9 Å². The summed E-state index contributed by atoms with van der Waals surface area (Å²) in [5.41, 5.74) is 0.724. The van der Waals surface area contributed by atoms with E-state index in [4.69, 9.17) is 4.74 Å². The van der Waals surface area contributed by atoms with Crippen LogP contribution in [-0.2, 0) is 9.53 Å². The highest BCUT2D eigenvalue weighted by Gasteiger charge is 2.46. The van der Waals surface area contributed by atoms with E-state index < -0.39 is 5.60 Å². The number of carbonyl (C=O) groups is 2. The average molecular weight is 409 g/mol. The van der Waals surface area contributed by atoms with Gasteiger partial charge in [-0.1, -0.05) is 34.1 Å². The van der Waals surface area contributed by atoms with E-state index in [1.165, 1.54) is 5.56 Å². The molecule has 0 radical (unpaired) electrons. The van der Waals surface area contributed by atoms with Gasteiger partial charge in [-0.2, -0.15) is 0 Å². The second-order valence-electron chi connectivity index (χ2n) is 7.76. The minimum absolute atomic E-state index is 0.0757. The summed E-state index contributed by atoms with van der Waals surface area (Å²) in [4.78, 5) is 28.4. The Morgan fingerprint density at radius 1 is 1.08 bits per heavy atom. The van der Waals surface area contributed by atoms with Crippen LogP contribution in [0.25, 0.3) is 0 Å². The van der Waals surface area contributed by atoms with Gasteiger partial charge in [0, 0.05) is 36.6 Å². The standard InChI is InChI=1S/C19H25BrN2O3/c1-19(2,3)25-18(24)22-10-8-21(9-11-22)17(23)15-12-14(15)13-6-4-5-7-16(13)20/h4-7,14-15H,8-12H2,1-3H3/t14-,15-/m0/s1. The third-order valence-electron chi connectivity index (χ3n) is 4.66. The van der Waals surface area contributed by atoms with Gasteiger partial charge in [0.15, 0.2) is 0 Å². The van der Waals surface area contributed by atoms with Gasteiger partial charge < -0.3 is 14.5 Å². The third kappa shape index (κ3) is 4.35. The van der Waals surface area contributed by atoms with Crippen LogP contribution < -0.4 is 0 Å². The number of nitrogens with zero attached hydrogens (tertiary/aromatic N) is 2. The molecule has 1 aromatic carbocycles. The Morgan fingerprint density at radius 3 is 2.28 bits per heavy atom. The predicted molar refractivity (Wildman–Crippen MR) is 99.4 cm³/mol. The van der Waals surface area contributed by atoms with Crippen molar-refractivity contribution in [1.82, 2.24) is 9.80 Å². The van der Waals surface area contributed by atoms with E-state index in [1.807, 2.05) is 43.9 Å². The Kier molecular flexibility index (Phi) is 5.09. The van der Waals surface area contributed by atoms with Crippen molar-refractivity contribution in [1.29, 1.82) is 0 Å². The highest BCUT2D eigenvalue weighted by atomic mass is 79.9. The van der Waals surface area contributed by atoms with Gasteiger partial charge in [0.2, 0.25) is 5.91 Å². The number of benzene rings is 1. The zero-order chi connectivity index (χ0) is 18.2. The number of carbonyl (C=O) groups excluding carboxylic acids is 2. The first-order chi connectivity index (χ1) is 11.8. The number of piperazine rings is 1. The smallest absolute Gasteiger partial charge is 0.410 e. The molecule has 1 aliphatic carbocycles. The molecule has 1 saturated carbocycles. The van der Waals surface area contributed by atoms with Crippen molar-refractivity contribution in [2.24, 2.45) is 5.92 Å². The molecule has 6 heteroatoms. The second-order valence-corrected chi connectivity index (χ2v) is 8.62. The third-order valence-corrected chi connectivity index (χ3v) is 5.38. The Labute approximate surface area is 157 Å². The van der Waals surface area contributed by atoms with Crippen LogP contribution in [0, 0.1) is 5.92 Å². The Hall–Kier alpha value is -1.56. The minimum Gasteiger partial charge on any atom is -0.444 e. The Bertz CT molecular complexity index is 663. The molecule has 136 valence electrons. The molecule has 0 bridgehead atoms. The summed E-state index contributed by atoms with van der Waals surface area (Å²) in [7, 11) is 0. The summed E-state index contributed by atoms with van der Waals surface area (Å²) < 4.78 is 6.47. The van der Waals surface area contributed by atoms with E-state index in [-0.39, 0.29) is 17.9 Å². The number of rotatable bonds is 2. The van der Waals surface area contributed by atoms with Gasteiger partial charge in [0.05, 0.1) is 0 Å². The Balaban J connectivity index is 1.52. The average Bonchev–Trinajstić information content (AvgIpc) is 3.33. The fourth-order valence-corrected chi connectivity index (χ4v) is 3.84. The molecule has 1 saturated heterocycles. The van der Waals surface area contributed by atoms with E-state index >= 15 is 0 Å². The molecule has 0 N–H and O–H groups in total. The fourth-order valence-electron chi connectivity index (χ4n) is 3.26. The molecule has 5 nitrogen and oxygen atoms in total. The van der Waals surface area contributed by atoms with E-state index in [0.717, 1.165) is 10.9 Å². The molecule has 25 heavy (non-hydrogen) atoms. The fraction of sp³-hybridized carbons (Fsp3) is 0.579. The topological polar surface area (TPSA) is 49.9 Å². The van der Waals surface area contributed by atoms with Crippen molar-refractivity contribution in [3.8, 4) is 0 Å². The van der Waals surface area contributed by atoms with Crippen molar-refractivity contribution < 1.29 is 14.3 Å². The van der Waals surface area contributed by atoms with Crippen LogP contribution in [0.3, 0.4) is 0 Å². The van der Waals surface area contributed by atoms with Crippen molar-refractivity contribution in [2.45, 2.75) is 38.7 Å². The molecule has 3 rings (SSSR count). The van der Waals surface area contributed by atoms with Gasteiger partial charge in [-0.3, -0.25) is 4.79 Å². The molecular weight excluding hydrogens is 384 g/mol. The summed E-state index contributed by atoms with van der Waals surface area (Å²) in [5.74, 6) is 0.600. The Morgan fingerprint density at radius 2 is 1.68 bits per heavy atom. The highest BCUT2D eigenvalue weighted by Crippen LogP contribution is 2.50. The van der Waals surface area contributed by atoms with Gasteiger partial charge in [0.25, 0.3) is 0 Å². The van der Waals surface area contributed by atoms with E-state index in [1.54, 1.807) is 4.90 Å². The lowest BCUT2D eigenvalue weighted by atomic mass is 10.1. The van der Waals surface area contributed by atoms with Crippen molar-refractivity contribution in [3.05, 3.63) is 34.3 Å². The first-order valence-electron chi connectivity index (χ1n) is 8.77. The van der Waals surface area contributed by atoms with Gasteiger partial charge in [-0.25, -0.2) is 4.79 Å². The maximum absolute atomic E-state index is 12.7. The van der Waals surface area contributed by atoms with E-state index in [2.05, 4.69) is 22.0 Å². The number of halogens is 1. The molecule has 1 heterocycles. The maximum atomic E-state index is 12.7. The van der Waals surface area contributed by atoms with Crippen molar-refractivity contribution >= 4 is 27.9 Å². The molecule has 1 aromatic rings. The van der Waals surface area contributed by atoms with Crippen LogP contribution in [0.4, 0.5) is 4.79 Å². The van der Waals surface area contributed by atoms with Gasteiger partial charge in [-0.15, -0.1) is 0 Å². The minimum atomic E-state index is -0.492. The lowest BCUT2D eigenvalue weighted by molar-refractivity contribution is -0.134. The molecule has 0 aromatic heterocycles. The maximum Gasteiger partial charge on any atom is 0.410 e. The van der Waals surface area contributed by atoms with E-state index in [0.29, 0.717) is 32.1 Å². The molecule has 2 aliphatic rings. The zero-order valence-corrected chi connectivity index (χ0v) is 16.6. The van der Waals surface area contributed by atoms with Crippen molar-refractivity contribution in [2.75, 3.05) is 26.2 Å². The van der Waals surface area contributed by atoms with Gasteiger partial charge in [0.1, 0.15) is 5.60 Å². The van der Waals surface area contributed by atoms with Crippen LogP contribution in [0.15, 0.2) is 28.7 Å². The number of ether oxygens (including phenoxy) is 1. The lowest BCUT2D eigenvalue weighted by Gasteiger charge is -2.35. The second kappa shape index (κ2) is 6.98. The van der Waals surface area contributed by atoms with E-state index in [9.17, 15) is 9.59 Å². The summed E-state index contributed by atoms with van der Waals surface area (Å²) in [5, 5.41) is 0. The van der Waals surface area contributed by atoms with Crippen LogP contribution in [0.5, 0.6) is 0 Å². The molecule has 2 amide bonds. The quantitative estimate of drug-likeness (QED) is 0.750. The normalized spacial score (nSPS) is 23.4. The first-order valence-corrected chi connectivity index (χ1v) is 9.57. The number of hydrogen-bond donors (Lipinski definition) is 0. The predicted octanol–water partition coefficient (Wildman–Crippen LogP) is 3.63. The molecule has 0 spiro atoms. The molecule has 2 atom stereocenters. The highest BCUT2D eigenvalue weighted by molar-refractivity contribution is 9.10. The number of amides is 2. The van der Waals surface area contributed by atoms with Crippen LogP contribution in [-0.4, -0.2) is 53.6 Å². The zero-order valence-electron chi connectivity index (χ0n) is 15.0. The largest absolute Gasteiger partial charge is 0.444 e. The summed E-state index contributed by atoms with van der Waals surface area (Å²) in [6.45, 7) is 7.81. The molecule has 1 aliphatic heterocycles. The molecule has 0 unspecified atom stereocenters. The first kappa shape index (κ1) is 18.2. The van der Waals surface area contributed by atoms with Crippen LogP contribution in [0.2, 0.25) is 0 Å². The van der Waals surface area contributed by atoms with Gasteiger partial charge in [-0.05, 0) is 44.7 Å². The summed E-state index contributed by atoms with van der Waals surface area (Å²) in [6, 6.07) is 8.11. The lowest BCUT2D eigenvalue weighted by Crippen LogP contribution is -2.52. The van der Waals surface area contributed by atoms with Crippen LogP contribution in [0.1, 0.15) is 38.7 Å². The monoisotopic (exact) mass is 408 g/mol. The summed E-state index contributed by atoms with van der Waals surface area (Å²) in [6.07, 6.45) is 0.616. The SMILES string of the molecule is CC(C)(C)OC(=O)N1CCN(C(=O)[C@H]2C[C@H]2c2ccccc2Br)CC1. The van der Waals surface area contributed by atoms with Gasteiger partial charge >= 0.3 is 6.09 Å². The number of hydrogen-bond acceptors (Lipinski definition) is 3. The summed E-state index contributed by atoms with van der Waals surface area (Å²) >= 11 is 3.57.